The lowest BCUT2D eigenvalue weighted by atomic mass is 10.1. The molecule has 196 valence electrons. The Balaban J connectivity index is 0.00000612. The molecular formula is C29H44ClIN2O2. The molecule has 0 radical (unpaired) electrons. The van der Waals surface area contributed by atoms with Gasteiger partial charge >= 0.3 is 0 Å². The molecule has 0 saturated heterocycles. The first-order valence-corrected chi connectivity index (χ1v) is 13.7. The molecule has 0 aliphatic carbocycles. The third kappa shape index (κ3) is 13.0. The molecule has 0 saturated carbocycles. The average Bonchev–Trinajstić information content (AvgIpc) is 2.85. The number of benzene rings is 1. The Morgan fingerprint density at radius 2 is 1.51 bits per heavy atom. The van der Waals surface area contributed by atoms with E-state index in [4.69, 9.17) is 16.3 Å². The molecule has 35 heavy (non-hydrogen) atoms. The first kappa shape index (κ1) is 31.7. The number of carbonyl (C=O) groups is 1. The van der Waals surface area contributed by atoms with Crippen LogP contribution in [0.1, 0.15) is 107 Å². The number of halogens is 2. The SMILES string of the molecule is CCCCCCCCCCCCCCOc1ccc(C(=O)NCc2cccc[n+]2CC)c(Cl)c1.[I-]. The van der Waals surface area contributed by atoms with Crippen LogP contribution in [0.15, 0.2) is 42.6 Å². The summed E-state index contributed by atoms with van der Waals surface area (Å²) >= 11 is 6.38. The predicted molar refractivity (Wildman–Crippen MR) is 142 cm³/mol. The number of ether oxygens (including phenoxy) is 1. The van der Waals surface area contributed by atoms with Crippen LogP contribution in [0.2, 0.25) is 5.02 Å². The minimum absolute atomic E-state index is 0. The van der Waals surface area contributed by atoms with Gasteiger partial charge in [0.05, 0.1) is 17.2 Å². The Labute approximate surface area is 235 Å². The molecule has 1 N–H and O–H groups in total. The molecule has 0 aliphatic rings. The zero-order valence-electron chi connectivity index (χ0n) is 21.7. The van der Waals surface area contributed by atoms with Crippen LogP contribution in [0.25, 0.3) is 0 Å². The van der Waals surface area contributed by atoms with Crippen LogP contribution >= 0.6 is 11.6 Å². The van der Waals surface area contributed by atoms with Gasteiger partial charge in [-0.05, 0) is 31.5 Å². The van der Waals surface area contributed by atoms with Gasteiger partial charge in [-0.15, -0.1) is 0 Å². The summed E-state index contributed by atoms with van der Waals surface area (Å²) in [4.78, 5) is 12.6. The van der Waals surface area contributed by atoms with Gasteiger partial charge in [-0.2, -0.15) is 0 Å². The van der Waals surface area contributed by atoms with Crippen molar-refractivity contribution in [1.82, 2.24) is 5.32 Å². The summed E-state index contributed by atoms with van der Waals surface area (Å²) in [7, 11) is 0. The number of carbonyl (C=O) groups excluding carboxylic acids is 1. The maximum Gasteiger partial charge on any atom is 0.253 e. The monoisotopic (exact) mass is 614 g/mol. The van der Waals surface area contributed by atoms with Gasteiger partial charge in [0.2, 0.25) is 5.69 Å². The van der Waals surface area contributed by atoms with Crippen molar-refractivity contribution in [3.8, 4) is 5.75 Å². The lowest BCUT2D eigenvalue weighted by molar-refractivity contribution is -0.701. The molecule has 0 unspecified atom stereocenters. The minimum Gasteiger partial charge on any atom is -1.00 e. The number of amides is 1. The van der Waals surface area contributed by atoms with Crippen LogP contribution in [0.4, 0.5) is 0 Å². The van der Waals surface area contributed by atoms with Crippen molar-refractivity contribution in [2.45, 2.75) is 104 Å². The van der Waals surface area contributed by atoms with E-state index in [1.165, 1.54) is 70.6 Å². The number of aryl methyl sites for hydroxylation is 1. The third-order valence-electron chi connectivity index (χ3n) is 6.26. The largest absolute Gasteiger partial charge is 1.00 e. The molecule has 2 rings (SSSR count). The normalized spacial score (nSPS) is 10.6. The molecular weight excluding hydrogens is 571 g/mol. The third-order valence-corrected chi connectivity index (χ3v) is 6.57. The Kier molecular flexibility index (Phi) is 17.9. The van der Waals surface area contributed by atoms with E-state index in [1.54, 1.807) is 12.1 Å². The quantitative estimate of drug-likeness (QED) is 0.151. The standard InChI is InChI=1S/C29H43ClN2O2.HI/c1-3-5-6-7-8-9-10-11-12-13-14-17-22-34-26-19-20-27(28(30)23-26)29(33)31-24-25-18-15-16-21-32(25)4-2;/h15-16,18-21,23H,3-14,17,22,24H2,1-2H3;1H. The van der Waals surface area contributed by atoms with Crippen LogP contribution in [0, 0.1) is 0 Å². The first-order chi connectivity index (χ1) is 16.7. The molecule has 1 aromatic heterocycles. The van der Waals surface area contributed by atoms with Gasteiger partial charge in [0.15, 0.2) is 6.20 Å². The first-order valence-electron chi connectivity index (χ1n) is 13.3. The van der Waals surface area contributed by atoms with Gasteiger partial charge < -0.3 is 34.0 Å². The number of rotatable bonds is 18. The number of nitrogens with zero attached hydrogens (tertiary/aromatic N) is 1. The van der Waals surface area contributed by atoms with E-state index < -0.39 is 0 Å². The highest BCUT2D eigenvalue weighted by molar-refractivity contribution is 6.34. The van der Waals surface area contributed by atoms with E-state index in [9.17, 15) is 4.79 Å². The molecule has 6 heteroatoms. The maximum atomic E-state index is 12.6. The van der Waals surface area contributed by atoms with E-state index in [-0.39, 0.29) is 29.9 Å². The second-order valence-corrected chi connectivity index (χ2v) is 9.45. The second kappa shape index (κ2) is 19.8. The van der Waals surface area contributed by atoms with Gasteiger partial charge in [-0.3, -0.25) is 4.79 Å². The summed E-state index contributed by atoms with van der Waals surface area (Å²) in [5, 5.41) is 3.38. The summed E-state index contributed by atoms with van der Waals surface area (Å²) in [6.45, 7) is 6.35. The average molecular weight is 615 g/mol. The number of hydrogen-bond donors (Lipinski definition) is 1. The molecule has 0 spiro atoms. The number of hydrogen-bond acceptors (Lipinski definition) is 2. The van der Waals surface area contributed by atoms with Gasteiger partial charge in [0.1, 0.15) is 18.8 Å². The van der Waals surface area contributed by atoms with Gasteiger partial charge in [-0.25, -0.2) is 4.57 Å². The molecule has 4 nitrogen and oxygen atoms in total. The van der Waals surface area contributed by atoms with E-state index >= 15 is 0 Å². The Bertz CT molecular complexity index is 847. The van der Waals surface area contributed by atoms with Crippen molar-refractivity contribution < 1.29 is 38.1 Å². The zero-order valence-corrected chi connectivity index (χ0v) is 24.6. The molecule has 1 aromatic carbocycles. The van der Waals surface area contributed by atoms with Crippen LogP contribution in [-0.2, 0) is 13.1 Å². The molecule has 0 aliphatic heterocycles. The molecule has 0 fully saturated rings. The zero-order chi connectivity index (χ0) is 24.4. The molecule has 1 heterocycles. The molecule has 2 aromatic rings. The van der Waals surface area contributed by atoms with Crippen molar-refractivity contribution in [1.29, 1.82) is 0 Å². The lowest BCUT2D eigenvalue weighted by Gasteiger charge is -2.10. The van der Waals surface area contributed by atoms with Crippen molar-refractivity contribution >= 4 is 17.5 Å². The molecule has 1 amide bonds. The molecule has 0 bridgehead atoms. The highest BCUT2D eigenvalue weighted by atomic mass is 127. The van der Waals surface area contributed by atoms with E-state index in [0.29, 0.717) is 23.7 Å². The topological polar surface area (TPSA) is 42.2 Å². The van der Waals surface area contributed by atoms with Crippen molar-refractivity contribution in [3.63, 3.8) is 0 Å². The van der Waals surface area contributed by atoms with Crippen LogP contribution in [0.3, 0.4) is 0 Å². The fourth-order valence-electron chi connectivity index (χ4n) is 4.15. The fraction of sp³-hybridized carbons (Fsp3) is 0.586. The number of unbranched alkanes of at least 4 members (excludes halogenated alkanes) is 11. The van der Waals surface area contributed by atoms with E-state index in [2.05, 4.69) is 23.7 Å². The highest BCUT2D eigenvalue weighted by Crippen LogP contribution is 2.23. The summed E-state index contributed by atoms with van der Waals surface area (Å²) < 4.78 is 7.96. The van der Waals surface area contributed by atoms with Crippen molar-refractivity contribution in [2.75, 3.05) is 6.61 Å². The Hall–Kier alpha value is -1.34. The Morgan fingerprint density at radius 1 is 0.886 bits per heavy atom. The summed E-state index contributed by atoms with van der Waals surface area (Å²) in [5.74, 6) is 0.542. The maximum absolute atomic E-state index is 12.6. The van der Waals surface area contributed by atoms with Gasteiger partial charge in [0.25, 0.3) is 5.91 Å². The number of nitrogens with one attached hydrogen (secondary N) is 1. The van der Waals surface area contributed by atoms with Crippen molar-refractivity contribution in [2.24, 2.45) is 0 Å². The van der Waals surface area contributed by atoms with Gasteiger partial charge in [0, 0.05) is 12.1 Å². The highest BCUT2D eigenvalue weighted by Gasteiger charge is 2.14. The lowest BCUT2D eigenvalue weighted by Crippen LogP contribution is -3.00. The smallest absolute Gasteiger partial charge is 0.253 e. The second-order valence-electron chi connectivity index (χ2n) is 9.04. The Morgan fingerprint density at radius 3 is 2.11 bits per heavy atom. The number of pyridine rings is 1. The van der Waals surface area contributed by atoms with Crippen molar-refractivity contribution in [3.05, 3.63) is 58.9 Å². The van der Waals surface area contributed by atoms with E-state index in [0.717, 1.165) is 24.4 Å². The summed E-state index contributed by atoms with van der Waals surface area (Å²) in [6, 6.07) is 11.3. The van der Waals surface area contributed by atoms with Gasteiger partial charge in [-0.1, -0.05) is 95.2 Å². The van der Waals surface area contributed by atoms with E-state index in [1.807, 2.05) is 30.5 Å². The van der Waals surface area contributed by atoms with Crippen LogP contribution in [0.5, 0.6) is 5.75 Å². The minimum atomic E-state index is -0.177. The number of aromatic nitrogens is 1. The van der Waals surface area contributed by atoms with Crippen LogP contribution < -0.4 is 38.6 Å². The summed E-state index contributed by atoms with van der Waals surface area (Å²) in [5.41, 5.74) is 1.52. The fourth-order valence-corrected chi connectivity index (χ4v) is 4.41. The predicted octanol–water partition coefficient (Wildman–Crippen LogP) is 4.66. The summed E-state index contributed by atoms with van der Waals surface area (Å²) in [6.07, 6.45) is 17.9. The van der Waals surface area contributed by atoms with Crippen LogP contribution in [-0.4, -0.2) is 12.5 Å². The molecule has 0 atom stereocenters.